The average molecular weight is 808 g/mol. The van der Waals surface area contributed by atoms with Crippen molar-refractivity contribution in [1.29, 1.82) is 0 Å². The van der Waals surface area contributed by atoms with E-state index in [1.165, 1.54) is 5.39 Å². The molecule has 13 aromatic rings. The first kappa shape index (κ1) is 35.0. The number of rotatable bonds is 6. The van der Waals surface area contributed by atoms with Gasteiger partial charge in [-0.2, -0.15) is 9.97 Å². The molecule has 0 amide bonds. The van der Waals surface area contributed by atoms with Crippen LogP contribution in [-0.2, 0) is 0 Å². The van der Waals surface area contributed by atoms with Crippen molar-refractivity contribution in [1.82, 2.24) is 34.1 Å². The minimum absolute atomic E-state index is 0.556. The smallest absolute Gasteiger partial charge is 0.238 e. The van der Waals surface area contributed by atoms with Crippen LogP contribution in [0.5, 0.6) is 0 Å². The molecular weight excluding hydrogens is 775 g/mol. The lowest BCUT2D eigenvalue weighted by molar-refractivity contribution is 0.668. The van der Waals surface area contributed by atoms with Crippen molar-refractivity contribution in [3.8, 4) is 56.7 Å². The van der Waals surface area contributed by atoms with Gasteiger partial charge in [0.1, 0.15) is 11.1 Å². The zero-order valence-electron chi connectivity index (χ0n) is 33.6. The summed E-state index contributed by atoms with van der Waals surface area (Å²) in [5.41, 5.74) is 13.8. The Morgan fingerprint density at radius 3 is 1.73 bits per heavy atom. The number of aromatic nitrogens is 7. The SMILES string of the molecule is c1ccc(-c2nc(-c3ccccc3)nc(-n3c4ccccc4c4ccc(-c5cncc(-c6ccc7c(c6)c6ccccc6n7-c6ccc7oc8cccnc8c7c6)c5)cc43)n2)cc1. The van der Waals surface area contributed by atoms with Gasteiger partial charge in [0.05, 0.1) is 22.1 Å². The number of furan rings is 1. The molecule has 63 heavy (non-hydrogen) atoms. The molecule has 0 atom stereocenters. The lowest BCUT2D eigenvalue weighted by Gasteiger charge is -2.11. The van der Waals surface area contributed by atoms with Crippen LogP contribution in [0.4, 0.5) is 0 Å². The van der Waals surface area contributed by atoms with E-state index in [2.05, 4.69) is 117 Å². The van der Waals surface area contributed by atoms with Crippen LogP contribution in [0.15, 0.2) is 205 Å². The number of hydrogen-bond donors (Lipinski definition) is 0. The van der Waals surface area contributed by atoms with Gasteiger partial charge in [-0.25, -0.2) is 4.98 Å². The molecule has 294 valence electrons. The van der Waals surface area contributed by atoms with E-state index in [9.17, 15) is 0 Å². The molecule has 8 nitrogen and oxygen atoms in total. The topological polar surface area (TPSA) is 87.5 Å². The van der Waals surface area contributed by atoms with E-state index in [1.807, 2.05) is 97.5 Å². The van der Waals surface area contributed by atoms with Gasteiger partial charge in [-0.15, -0.1) is 0 Å². The fourth-order valence-electron chi connectivity index (χ4n) is 9.17. The standard InChI is InChI=1S/C55H33N7O/c1-3-12-34(13-4-1)53-58-54(35-14-5-2-6-15-35)60-55(59-53)62-47-19-10-7-16-41(47)43-24-21-37(30-49(43)62)39-28-38(32-56-33-39)36-22-25-48-44(29-36)42-17-8-9-18-46(42)61(48)40-23-26-50-45(31-40)52-51(63-50)20-11-27-57-52/h1-33H. The first-order chi connectivity index (χ1) is 31.2. The number of fused-ring (bicyclic) bond motifs is 9. The monoisotopic (exact) mass is 807 g/mol. The van der Waals surface area contributed by atoms with Crippen molar-refractivity contribution in [2.24, 2.45) is 0 Å². The maximum absolute atomic E-state index is 6.12. The Kier molecular flexibility index (Phi) is 7.74. The summed E-state index contributed by atoms with van der Waals surface area (Å²) in [7, 11) is 0. The van der Waals surface area contributed by atoms with E-state index in [4.69, 9.17) is 24.4 Å². The third-order valence-corrected chi connectivity index (χ3v) is 12.1. The van der Waals surface area contributed by atoms with Crippen molar-refractivity contribution in [3.05, 3.63) is 201 Å². The van der Waals surface area contributed by atoms with Gasteiger partial charge < -0.3 is 8.98 Å². The average Bonchev–Trinajstić information content (AvgIpc) is 4.01. The summed E-state index contributed by atoms with van der Waals surface area (Å²) in [6.07, 6.45) is 5.70. The minimum Gasteiger partial charge on any atom is -0.454 e. The third-order valence-electron chi connectivity index (χ3n) is 12.1. The van der Waals surface area contributed by atoms with Crippen LogP contribution in [0.2, 0.25) is 0 Å². The van der Waals surface area contributed by atoms with Gasteiger partial charge in [0.15, 0.2) is 17.2 Å². The second kappa shape index (κ2) is 13.9. The predicted octanol–water partition coefficient (Wildman–Crippen LogP) is 13.4. The normalized spacial score (nSPS) is 11.8. The fraction of sp³-hybridized carbons (Fsp3) is 0. The van der Waals surface area contributed by atoms with Gasteiger partial charge >= 0.3 is 0 Å². The molecule has 6 aromatic heterocycles. The molecule has 8 heteroatoms. The van der Waals surface area contributed by atoms with Crippen LogP contribution >= 0.6 is 0 Å². The van der Waals surface area contributed by atoms with E-state index in [0.29, 0.717) is 17.6 Å². The van der Waals surface area contributed by atoms with E-state index in [-0.39, 0.29) is 0 Å². The summed E-state index contributed by atoms with van der Waals surface area (Å²) in [6, 6.07) is 63.0. The van der Waals surface area contributed by atoms with Crippen molar-refractivity contribution >= 4 is 65.7 Å². The first-order valence-corrected chi connectivity index (χ1v) is 20.9. The van der Waals surface area contributed by atoms with Gasteiger partial charge in [-0.3, -0.25) is 14.5 Å². The zero-order valence-corrected chi connectivity index (χ0v) is 33.6. The van der Waals surface area contributed by atoms with Crippen LogP contribution < -0.4 is 0 Å². The van der Waals surface area contributed by atoms with E-state index in [0.717, 1.165) is 99.4 Å². The Balaban J connectivity index is 0.942. The quantitative estimate of drug-likeness (QED) is 0.166. The Morgan fingerprint density at radius 1 is 0.365 bits per heavy atom. The highest BCUT2D eigenvalue weighted by molar-refractivity contribution is 6.12. The first-order valence-electron chi connectivity index (χ1n) is 20.9. The largest absolute Gasteiger partial charge is 0.454 e. The second-order valence-electron chi connectivity index (χ2n) is 15.8. The summed E-state index contributed by atoms with van der Waals surface area (Å²) in [6.45, 7) is 0. The number of benzene rings is 7. The lowest BCUT2D eigenvalue weighted by Crippen LogP contribution is -2.06. The summed E-state index contributed by atoms with van der Waals surface area (Å²) in [5, 5.41) is 5.57. The van der Waals surface area contributed by atoms with Crippen molar-refractivity contribution < 1.29 is 4.42 Å². The molecular formula is C55H33N7O. The summed E-state index contributed by atoms with van der Waals surface area (Å²) in [4.78, 5) is 24.7. The molecule has 0 N–H and O–H groups in total. The Morgan fingerprint density at radius 2 is 0.984 bits per heavy atom. The van der Waals surface area contributed by atoms with Gasteiger partial charge in [0, 0.05) is 73.5 Å². The van der Waals surface area contributed by atoms with Crippen LogP contribution in [0.25, 0.3) is 122 Å². The zero-order chi connectivity index (χ0) is 41.4. The number of para-hydroxylation sites is 2. The van der Waals surface area contributed by atoms with Gasteiger partial charge in [0.25, 0.3) is 0 Å². The molecule has 7 aromatic carbocycles. The highest BCUT2D eigenvalue weighted by Crippen LogP contribution is 2.39. The molecule has 0 saturated carbocycles. The van der Waals surface area contributed by atoms with E-state index >= 15 is 0 Å². The molecule has 0 spiro atoms. The Labute approximate surface area is 360 Å². The van der Waals surface area contributed by atoms with Crippen LogP contribution in [0, 0.1) is 0 Å². The van der Waals surface area contributed by atoms with Gasteiger partial charge in [-0.1, -0.05) is 115 Å². The lowest BCUT2D eigenvalue weighted by atomic mass is 9.99. The Bertz CT molecular complexity index is 3870. The molecule has 0 fully saturated rings. The second-order valence-corrected chi connectivity index (χ2v) is 15.8. The third kappa shape index (κ3) is 5.66. The summed E-state index contributed by atoms with van der Waals surface area (Å²) < 4.78 is 10.6. The molecule has 0 radical (unpaired) electrons. The van der Waals surface area contributed by atoms with Gasteiger partial charge in [0.2, 0.25) is 5.95 Å². The molecule has 6 heterocycles. The predicted molar refractivity (Wildman–Crippen MR) is 253 cm³/mol. The van der Waals surface area contributed by atoms with E-state index in [1.54, 1.807) is 0 Å². The summed E-state index contributed by atoms with van der Waals surface area (Å²) in [5.74, 6) is 1.78. The molecule has 0 bridgehead atoms. The van der Waals surface area contributed by atoms with Crippen molar-refractivity contribution in [2.45, 2.75) is 0 Å². The van der Waals surface area contributed by atoms with Crippen molar-refractivity contribution in [3.63, 3.8) is 0 Å². The Hall–Kier alpha value is -8.75. The van der Waals surface area contributed by atoms with Crippen molar-refractivity contribution in [2.75, 3.05) is 0 Å². The summed E-state index contributed by atoms with van der Waals surface area (Å²) >= 11 is 0. The number of nitrogens with zero attached hydrogens (tertiary/aromatic N) is 7. The van der Waals surface area contributed by atoms with Crippen LogP contribution in [0.1, 0.15) is 0 Å². The van der Waals surface area contributed by atoms with Crippen LogP contribution in [-0.4, -0.2) is 34.1 Å². The molecule has 13 rings (SSSR count). The molecule has 0 aliphatic heterocycles. The maximum atomic E-state index is 6.12. The van der Waals surface area contributed by atoms with Gasteiger partial charge in [-0.05, 0) is 77.9 Å². The maximum Gasteiger partial charge on any atom is 0.238 e. The highest BCUT2D eigenvalue weighted by atomic mass is 16.3. The minimum atomic E-state index is 0.556. The molecule has 0 saturated heterocycles. The molecule has 0 aliphatic carbocycles. The molecule has 0 unspecified atom stereocenters. The number of hydrogen-bond acceptors (Lipinski definition) is 6. The fourth-order valence-corrected chi connectivity index (χ4v) is 9.17. The molecule has 0 aliphatic rings. The highest BCUT2D eigenvalue weighted by Gasteiger charge is 2.20. The number of pyridine rings is 2. The van der Waals surface area contributed by atoms with Crippen LogP contribution in [0.3, 0.4) is 0 Å². The van der Waals surface area contributed by atoms with E-state index < -0.39 is 0 Å².